The second kappa shape index (κ2) is 8.73. The molecule has 1 fully saturated rings. The Morgan fingerprint density at radius 1 is 1.21 bits per heavy atom. The molecule has 7 nitrogen and oxygen atoms in total. The molecule has 0 unspecified atom stereocenters. The average molecular weight is 412 g/mol. The number of hydrogen-bond donors (Lipinski definition) is 1. The minimum absolute atomic E-state index is 0.0933. The number of aryl methyl sites for hydroxylation is 2. The zero-order chi connectivity index (χ0) is 20.2. The lowest BCUT2D eigenvalue weighted by atomic mass is 9.88. The van der Waals surface area contributed by atoms with Crippen molar-refractivity contribution in [2.75, 3.05) is 18.0 Å². The number of benzene rings is 1. The summed E-state index contributed by atoms with van der Waals surface area (Å²) in [6, 6.07) is 10.1. The number of hydrogen-bond acceptors (Lipinski definition) is 6. The normalized spacial score (nSPS) is 18.1. The molecule has 0 radical (unpaired) electrons. The predicted octanol–water partition coefficient (Wildman–Crippen LogP) is 2.87. The van der Waals surface area contributed by atoms with Gasteiger partial charge in [-0.2, -0.15) is 4.52 Å². The molecule has 2 aliphatic rings. The van der Waals surface area contributed by atoms with E-state index in [1.54, 1.807) is 0 Å². The van der Waals surface area contributed by atoms with Gasteiger partial charge in [0.1, 0.15) is 0 Å². The molecule has 1 saturated heterocycles. The molecule has 3 heterocycles. The van der Waals surface area contributed by atoms with Crippen LogP contribution in [0.1, 0.15) is 48.5 Å². The van der Waals surface area contributed by atoms with Crippen molar-refractivity contribution in [1.82, 2.24) is 19.9 Å². The van der Waals surface area contributed by atoms with Crippen LogP contribution in [0.3, 0.4) is 0 Å². The molecule has 1 amide bonds. The van der Waals surface area contributed by atoms with Gasteiger partial charge in [0.25, 0.3) is 5.56 Å². The minimum Gasteiger partial charge on any atom is -0.352 e. The zero-order valence-electron chi connectivity index (χ0n) is 16.5. The summed E-state index contributed by atoms with van der Waals surface area (Å²) in [5, 5.41) is 8.09. The van der Waals surface area contributed by atoms with E-state index in [9.17, 15) is 9.59 Å². The summed E-state index contributed by atoms with van der Waals surface area (Å²) in [5.41, 5.74) is 3.33. The largest absolute Gasteiger partial charge is 0.352 e. The second-order valence-corrected chi connectivity index (χ2v) is 8.37. The molecule has 5 rings (SSSR count). The minimum atomic E-state index is -0.0933. The number of aromatic nitrogens is 3. The van der Waals surface area contributed by atoms with E-state index in [1.807, 2.05) is 13.0 Å². The first-order valence-corrected chi connectivity index (χ1v) is 10.9. The van der Waals surface area contributed by atoms with Crippen molar-refractivity contribution in [3.05, 3.63) is 57.5 Å². The third kappa shape index (κ3) is 4.32. The number of nitrogens with zero attached hydrogens (tertiary/aromatic N) is 4. The molecular weight excluding hydrogens is 386 g/mol. The van der Waals surface area contributed by atoms with Gasteiger partial charge in [-0.05, 0) is 50.2 Å². The molecule has 3 aromatic rings. The molecule has 1 aliphatic heterocycles. The third-order valence-corrected chi connectivity index (χ3v) is 6.35. The van der Waals surface area contributed by atoms with E-state index in [4.69, 9.17) is 0 Å². The standard InChI is InChI=1S/C11H13NO.C10H12N4OS/c13-8-12-11-7-3-5-9-4-1-2-6-10(9)11;1-7-6-8(15)14-9(11-7)16-10(12-14)13-4-2-3-5-13/h1-2,4,6,8,11H,3,5,7H2,(H,12,13);6H,2-5H2,1H3/t11-;/m1./s1. The molecule has 29 heavy (non-hydrogen) atoms. The topological polar surface area (TPSA) is 79.6 Å². The SMILES string of the molecule is Cc1cc(=O)n2nc(N3CCCC3)sc2n1.O=CN[C@@H]1CCCc2ccccc21. The van der Waals surface area contributed by atoms with Crippen LogP contribution in [0.4, 0.5) is 5.13 Å². The van der Waals surface area contributed by atoms with Gasteiger partial charge >= 0.3 is 0 Å². The van der Waals surface area contributed by atoms with Gasteiger partial charge in [-0.3, -0.25) is 9.59 Å². The van der Waals surface area contributed by atoms with E-state index in [0.717, 1.165) is 43.2 Å². The Morgan fingerprint density at radius 2 is 2.00 bits per heavy atom. The van der Waals surface area contributed by atoms with Gasteiger partial charge < -0.3 is 10.2 Å². The molecule has 0 spiro atoms. The maximum atomic E-state index is 11.7. The molecule has 2 aromatic heterocycles. The van der Waals surface area contributed by atoms with E-state index in [2.05, 4.69) is 38.5 Å². The molecule has 0 bridgehead atoms. The Balaban J connectivity index is 0.000000145. The highest BCUT2D eigenvalue weighted by Crippen LogP contribution is 2.28. The third-order valence-electron chi connectivity index (χ3n) is 5.38. The number of carbonyl (C=O) groups is 1. The van der Waals surface area contributed by atoms with Crippen LogP contribution >= 0.6 is 11.3 Å². The van der Waals surface area contributed by atoms with Crippen molar-refractivity contribution < 1.29 is 4.79 Å². The maximum Gasteiger partial charge on any atom is 0.275 e. The van der Waals surface area contributed by atoms with Crippen molar-refractivity contribution in [2.45, 2.75) is 45.1 Å². The second-order valence-electron chi connectivity index (χ2n) is 7.44. The van der Waals surface area contributed by atoms with Crippen molar-refractivity contribution >= 4 is 27.8 Å². The molecule has 1 N–H and O–H groups in total. The van der Waals surface area contributed by atoms with Crippen molar-refractivity contribution in [1.29, 1.82) is 0 Å². The first-order chi connectivity index (χ1) is 14.2. The van der Waals surface area contributed by atoms with Crippen molar-refractivity contribution in [3.8, 4) is 0 Å². The highest BCUT2D eigenvalue weighted by atomic mass is 32.1. The van der Waals surface area contributed by atoms with Gasteiger partial charge in [0.15, 0.2) is 0 Å². The molecule has 1 atom stereocenters. The van der Waals surface area contributed by atoms with E-state index in [1.165, 1.54) is 52.3 Å². The van der Waals surface area contributed by atoms with Gasteiger partial charge in [0.2, 0.25) is 16.5 Å². The number of anilines is 1. The number of nitrogens with one attached hydrogen (secondary N) is 1. The number of rotatable bonds is 3. The first-order valence-electron chi connectivity index (χ1n) is 10.1. The van der Waals surface area contributed by atoms with Gasteiger partial charge in [0, 0.05) is 24.8 Å². The maximum absolute atomic E-state index is 11.7. The molecule has 1 aromatic carbocycles. The fourth-order valence-corrected chi connectivity index (χ4v) is 4.96. The lowest BCUT2D eigenvalue weighted by Gasteiger charge is -2.24. The van der Waals surface area contributed by atoms with Crippen LogP contribution in [0, 0.1) is 6.92 Å². The van der Waals surface area contributed by atoms with Crippen molar-refractivity contribution in [2.24, 2.45) is 0 Å². The lowest BCUT2D eigenvalue weighted by Crippen LogP contribution is -2.23. The van der Waals surface area contributed by atoms with E-state index in [0.29, 0.717) is 4.96 Å². The van der Waals surface area contributed by atoms with Crippen LogP contribution in [0.2, 0.25) is 0 Å². The fraction of sp³-hybridized carbons (Fsp3) is 0.429. The highest BCUT2D eigenvalue weighted by Gasteiger charge is 2.18. The molecule has 1 aliphatic carbocycles. The predicted molar refractivity (Wildman–Crippen MR) is 115 cm³/mol. The van der Waals surface area contributed by atoms with Crippen LogP contribution in [-0.2, 0) is 11.2 Å². The average Bonchev–Trinajstić information content (AvgIpc) is 3.39. The molecule has 0 saturated carbocycles. The fourth-order valence-electron chi connectivity index (χ4n) is 3.96. The Labute approximate surface area is 173 Å². The van der Waals surface area contributed by atoms with Gasteiger partial charge in [0.05, 0.1) is 6.04 Å². The summed E-state index contributed by atoms with van der Waals surface area (Å²) >= 11 is 1.49. The van der Waals surface area contributed by atoms with Crippen LogP contribution in [0.15, 0.2) is 35.1 Å². The van der Waals surface area contributed by atoms with Crippen LogP contribution in [0.25, 0.3) is 4.96 Å². The van der Waals surface area contributed by atoms with Gasteiger partial charge in [-0.15, -0.1) is 5.10 Å². The molecular formula is C21H25N5O2S. The summed E-state index contributed by atoms with van der Waals surface area (Å²) in [7, 11) is 0. The monoisotopic (exact) mass is 411 g/mol. The van der Waals surface area contributed by atoms with Crippen LogP contribution in [-0.4, -0.2) is 34.1 Å². The van der Waals surface area contributed by atoms with Gasteiger partial charge in [-0.1, -0.05) is 35.6 Å². The summed E-state index contributed by atoms with van der Waals surface area (Å²) in [5.74, 6) is 0. The number of amides is 1. The number of carbonyl (C=O) groups excluding carboxylic acids is 1. The van der Waals surface area contributed by atoms with Gasteiger partial charge in [-0.25, -0.2) is 4.98 Å². The Bertz CT molecular complexity index is 1050. The Morgan fingerprint density at radius 3 is 2.79 bits per heavy atom. The van der Waals surface area contributed by atoms with Crippen molar-refractivity contribution in [3.63, 3.8) is 0 Å². The summed E-state index contributed by atoms with van der Waals surface area (Å²) in [4.78, 5) is 29.3. The zero-order valence-corrected chi connectivity index (χ0v) is 17.3. The highest BCUT2D eigenvalue weighted by molar-refractivity contribution is 7.20. The number of fused-ring (bicyclic) bond motifs is 2. The van der Waals surface area contributed by atoms with Crippen LogP contribution < -0.4 is 15.8 Å². The Kier molecular flexibility index (Phi) is 5.89. The molecule has 8 heteroatoms. The first kappa shape index (κ1) is 19.6. The van der Waals surface area contributed by atoms with E-state index < -0.39 is 0 Å². The molecule has 152 valence electrons. The Hall–Kier alpha value is -2.74. The summed E-state index contributed by atoms with van der Waals surface area (Å²) < 4.78 is 1.39. The summed E-state index contributed by atoms with van der Waals surface area (Å²) in [6.45, 7) is 3.90. The van der Waals surface area contributed by atoms with E-state index >= 15 is 0 Å². The summed E-state index contributed by atoms with van der Waals surface area (Å²) in [6.07, 6.45) is 6.59. The lowest BCUT2D eigenvalue weighted by molar-refractivity contribution is -0.110. The smallest absolute Gasteiger partial charge is 0.275 e. The van der Waals surface area contributed by atoms with Crippen LogP contribution in [0.5, 0.6) is 0 Å². The quantitative estimate of drug-likeness (QED) is 0.671. The van der Waals surface area contributed by atoms with E-state index in [-0.39, 0.29) is 11.6 Å².